The number of hydrogen-bond acceptors (Lipinski definition) is 3. The largest absolute Gasteiger partial charge is 0.462 e. The smallest absolute Gasteiger partial charge is 0.338 e. The van der Waals surface area contributed by atoms with Gasteiger partial charge >= 0.3 is 12.0 Å². The number of carbonyl (C=O) groups excluding carboxylic acids is 2. The van der Waals surface area contributed by atoms with Gasteiger partial charge in [0.25, 0.3) is 0 Å². The van der Waals surface area contributed by atoms with Gasteiger partial charge in [-0.05, 0) is 66.6 Å². The molecule has 0 spiro atoms. The Labute approximate surface area is 208 Å². The van der Waals surface area contributed by atoms with E-state index < -0.39 is 5.97 Å². The van der Waals surface area contributed by atoms with Gasteiger partial charge in [-0.2, -0.15) is 0 Å². The number of anilines is 1. The lowest BCUT2D eigenvalue weighted by Crippen LogP contribution is -2.38. The third kappa shape index (κ3) is 4.53. The maximum atomic E-state index is 13.8. The molecule has 35 heavy (non-hydrogen) atoms. The molecule has 2 amide bonds. The number of esters is 1. The molecule has 1 aliphatic heterocycles. The highest BCUT2D eigenvalue weighted by molar-refractivity contribution is 6.30. The van der Waals surface area contributed by atoms with Gasteiger partial charge in [0.2, 0.25) is 0 Å². The number of para-hydroxylation sites is 1. The topological polar surface area (TPSA) is 63.6 Å². The monoisotopic (exact) mass is 485 g/mol. The average Bonchev–Trinajstić information content (AvgIpc) is 3.29. The van der Waals surface area contributed by atoms with Gasteiger partial charge in [-0.25, -0.2) is 9.59 Å². The molecule has 6 nitrogen and oxygen atoms in total. The molecule has 7 heteroatoms. The molecular formula is C28H24ClN3O3. The number of fused-ring (bicyclic) bond motifs is 3. The quantitative estimate of drug-likeness (QED) is 0.338. The van der Waals surface area contributed by atoms with Crippen LogP contribution in [0, 0.1) is 0 Å². The zero-order valence-corrected chi connectivity index (χ0v) is 19.9. The van der Waals surface area contributed by atoms with Crippen LogP contribution in [0.4, 0.5) is 10.5 Å². The standard InChI is InChI=1S/C28H24ClN3O3/c1-2-35-27(33)20-8-5-9-23(17-20)30-28(34)32-18-21-7-3-4-10-24(21)31-16-6-11-25(31)26(32)19-12-14-22(29)15-13-19/h3-17,26H,2,18H2,1H3,(H,30,34). The number of nitrogens with zero attached hydrogens (tertiary/aromatic N) is 2. The molecule has 1 N–H and O–H groups in total. The van der Waals surface area contributed by atoms with Crippen LogP contribution >= 0.6 is 11.6 Å². The zero-order chi connectivity index (χ0) is 24.4. The number of amides is 2. The van der Waals surface area contributed by atoms with Gasteiger partial charge in [0.1, 0.15) is 0 Å². The van der Waals surface area contributed by atoms with Crippen LogP contribution in [0.5, 0.6) is 0 Å². The Bertz CT molecular complexity index is 1380. The van der Waals surface area contributed by atoms with Crippen LogP contribution in [0.25, 0.3) is 5.69 Å². The highest BCUT2D eigenvalue weighted by Crippen LogP contribution is 2.37. The lowest BCUT2D eigenvalue weighted by Gasteiger charge is -2.31. The SMILES string of the molecule is CCOC(=O)c1cccc(NC(=O)N2Cc3ccccc3-n3cccc3C2c2ccc(Cl)cc2)c1. The van der Waals surface area contributed by atoms with Crippen LogP contribution in [-0.2, 0) is 11.3 Å². The first-order chi connectivity index (χ1) is 17.0. The number of benzene rings is 3. The summed E-state index contributed by atoms with van der Waals surface area (Å²) in [7, 11) is 0. The summed E-state index contributed by atoms with van der Waals surface area (Å²) in [5, 5.41) is 3.62. The number of hydrogen-bond donors (Lipinski definition) is 1. The van der Waals surface area contributed by atoms with E-state index in [9.17, 15) is 9.59 Å². The third-order valence-corrected chi connectivity index (χ3v) is 6.29. The summed E-state index contributed by atoms with van der Waals surface area (Å²) in [5.41, 5.74) is 4.87. The predicted molar refractivity (Wildman–Crippen MR) is 136 cm³/mol. The Kier molecular flexibility index (Phi) is 6.29. The van der Waals surface area contributed by atoms with E-state index in [1.807, 2.05) is 60.8 Å². The number of urea groups is 1. The molecule has 1 atom stereocenters. The van der Waals surface area contributed by atoms with Crippen LogP contribution in [-0.4, -0.2) is 28.1 Å². The molecular weight excluding hydrogens is 462 g/mol. The van der Waals surface area contributed by atoms with Gasteiger partial charge in [-0.1, -0.05) is 48.0 Å². The molecule has 0 bridgehead atoms. The Morgan fingerprint density at radius 1 is 1.00 bits per heavy atom. The lowest BCUT2D eigenvalue weighted by atomic mass is 10.0. The molecule has 1 aromatic heterocycles. The van der Waals surface area contributed by atoms with Gasteiger partial charge < -0.3 is 19.5 Å². The summed E-state index contributed by atoms with van der Waals surface area (Å²) in [6, 6.07) is 25.8. The summed E-state index contributed by atoms with van der Waals surface area (Å²) in [5.74, 6) is -0.427. The number of rotatable bonds is 4. The highest BCUT2D eigenvalue weighted by atomic mass is 35.5. The Hall–Kier alpha value is -4.03. The van der Waals surface area contributed by atoms with Crippen molar-refractivity contribution in [3.8, 4) is 5.69 Å². The zero-order valence-electron chi connectivity index (χ0n) is 19.1. The van der Waals surface area contributed by atoms with Crippen LogP contribution in [0.3, 0.4) is 0 Å². The van der Waals surface area contributed by atoms with E-state index in [1.165, 1.54) is 0 Å². The molecule has 0 fully saturated rings. The van der Waals surface area contributed by atoms with Gasteiger partial charge in [-0.3, -0.25) is 0 Å². The summed E-state index contributed by atoms with van der Waals surface area (Å²) in [4.78, 5) is 27.8. The minimum absolute atomic E-state index is 0.282. The van der Waals surface area contributed by atoms with Crippen molar-refractivity contribution in [2.45, 2.75) is 19.5 Å². The summed E-state index contributed by atoms with van der Waals surface area (Å²) < 4.78 is 7.23. The molecule has 0 radical (unpaired) electrons. The van der Waals surface area contributed by atoms with E-state index in [0.717, 1.165) is 22.5 Å². The summed E-state index contributed by atoms with van der Waals surface area (Å²) in [6.07, 6.45) is 2.02. The second-order valence-corrected chi connectivity index (χ2v) is 8.68. The Morgan fingerprint density at radius 3 is 2.60 bits per heavy atom. The number of ether oxygens (including phenoxy) is 1. The number of halogens is 1. The number of aromatic nitrogens is 1. The van der Waals surface area contributed by atoms with Crippen molar-refractivity contribution in [2.24, 2.45) is 0 Å². The van der Waals surface area contributed by atoms with Crippen LogP contribution < -0.4 is 5.32 Å². The molecule has 0 saturated carbocycles. The summed E-state index contributed by atoms with van der Waals surface area (Å²) in [6.45, 7) is 2.44. The minimum Gasteiger partial charge on any atom is -0.462 e. The van der Waals surface area contributed by atoms with Gasteiger partial charge in [0.15, 0.2) is 0 Å². The first-order valence-corrected chi connectivity index (χ1v) is 11.8. The van der Waals surface area contributed by atoms with Crippen molar-refractivity contribution < 1.29 is 14.3 Å². The van der Waals surface area contributed by atoms with E-state index >= 15 is 0 Å². The van der Waals surface area contributed by atoms with Crippen LogP contribution in [0.2, 0.25) is 5.02 Å². The van der Waals surface area contributed by atoms with Crippen molar-refractivity contribution in [1.29, 1.82) is 0 Å². The Morgan fingerprint density at radius 2 is 1.80 bits per heavy atom. The molecule has 0 saturated heterocycles. The normalized spacial score (nSPS) is 14.5. The van der Waals surface area contributed by atoms with E-state index in [2.05, 4.69) is 16.0 Å². The molecule has 4 aromatic rings. The highest BCUT2D eigenvalue weighted by Gasteiger charge is 2.33. The second-order valence-electron chi connectivity index (χ2n) is 8.25. The Balaban J connectivity index is 1.55. The molecule has 3 aromatic carbocycles. The summed E-state index contributed by atoms with van der Waals surface area (Å²) >= 11 is 6.17. The third-order valence-electron chi connectivity index (χ3n) is 6.04. The number of nitrogens with one attached hydrogen (secondary N) is 1. The average molecular weight is 486 g/mol. The van der Waals surface area contributed by atoms with Crippen LogP contribution in [0.1, 0.15) is 40.1 Å². The molecule has 0 aliphatic carbocycles. The van der Waals surface area contributed by atoms with E-state index in [4.69, 9.17) is 16.3 Å². The lowest BCUT2D eigenvalue weighted by molar-refractivity contribution is 0.0526. The van der Waals surface area contributed by atoms with E-state index in [1.54, 1.807) is 36.1 Å². The second kappa shape index (κ2) is 9.68. The van der Waals surface area contributed by atoms with Crippen molar-refractivity contribution >= 4 is 29.3 Å². The minimum atomic E-state index is -0.427. The fourth-order valence-electron chi connectivity index (χ4n) is 4.47. The van der Waals surface area contributed by atoms with Crippen molar-refractivity contribution in [2.75, 3.05) is 11.9 Å². The van der Waals surface area contributed by atoms with Gasteiger partial charge in [0.05, 0.1) is 30.4 Å². The van der Waals surface area contributed by atoms with E-state index in [-0.39, 0.29) is 18.7 Å². The predicted octanol–water partition coefficient (Wildman–Crippen LogP) is 6.44. The van der Waals surface area contributed by atoms with Crippen molar-refractivity contribution in [3.63, 3.8) is 0 Å². The molecule has 2 heterocycles. The fraction of sp³-hybridized carbons (Fsp3) is 0.143. The molecule has 1 unspecified atom stereocenters. The maximum Gasteiger partial charge on any atom is 0.338 e. The maximum absolute atomic E-state index is 13.8. The van der Waals surface area contributed by atoms with Crippen molar-refractivity contribution in [3.05, 3.63) is 119 Å². The van der Waals surface area contributed by atoms with Crippen LogP contribution in [0.15, 0.2) is 91.1 Å². The number of carbonyl (C=O) groups is 2. The first kappa shape index (κ1) is 22.7. The van der Waals surface area contributed by atoms with Gasteiger partial charge in [0, 0.05) is 22.6 Å². The molecule has 176 valence electrons. The molecule has 1 aliphatic rings. The van der Waals surface area contributed by atoms with E-state index in [0.29, 0.717) is 22.8 Å². The fourth-order valence-corrected chi connectivity index (χ4v) is 4.59. The first-order valence-electron chi connectivity index (χ1n) is 11.4. The van der Waals surface area contributed by atoms with Gasteiger partial charge in [-0.15, -0.1) is 0 Å². The van der Waals surface area contributed by atoms with Crippen molar-refractivity contribution in [1.82, 2.24) is 9.47 Å². The molecule has 5 rings (SSSR count).